The molecule has 0 radical (unpaired) electrons. The Balaban J connectivity index is 1.97. The fourth-order valence-corrected chi connectivity index (χ4v) is 7.84. The molecule has 1 heterocycles. The van der Waals surface area contributed by atoms with Gasteiger partial charge < -0.3 is 5.11 Å². The maximum absolute atomic E-state index is 12.5. The molecule has 2 saturated carbocycles. The van der Waals surface area contributed by atoms with Crippen LogP contribution in [0.3, 0.4) is 0 Å². The molecular formula is C20H30O4S. The molecule has 5 atom stereocenters. The van der Waals surface area contributed by atoms with E-state index < -0.39 is 26.5 Å². The van der Waals surface area contributed by atoms with Gasteiger partial charge in [-0.05, 0) is 63.2 Å². The number of hydrogen-bond donors (Lipinski definition) is 1. The smallest absolute Gasteiger partial charge is 0.309 e. The zero-order chi connectivity index (χ0) is 18.6. The van der Waals surface area contributed by atoms with Crippen LogP contribution in [0.4, 0.5) is 0 Å². The van der Waals surface area contributed by atoms with E-state index in [0.717, 1.165) is 36.8 Å². The van der Waals surface area contributed by atoms with E-state index in [1.807, 2.05) is 19.9 Å². The van der Waals surface area contributed by atoms with Crippen molar-refractivity contribution in [3.8, 4) is 0 Å². The standard InChI is InChI=1S/C20H30O4S/c1-13-6-7-17-19(3,9-5-10-20(17,4)18(21)22)15(13)12-16-14(2)8-11-25(16,23)24/h8,15-17H,1,5-7,9-12H2,2-4H3,(H,21,22)/t15-,16?,17?,19+,20-/m0/s1. The van der Waals surface area contributed by atoms with Gasteiger partial charge in [-0.25, -0.2) is 8.42 Å². The monoisotopic (exact) mass is 366 g/mol. The van der Waals surface area contributed by atoms with Crippen LogP contribution in [0, 0.1) is 22.7 Å². The van der Waals surface area contributed by atoms with Gasteiger partial charge in [0, 0.05) is 0 Å². The highest BCUT2D eigenvalue weighted by Crippen LogP contribution is 2.62. The highest BCUT2D eigenvalue weighted by molar-refractivity contribution is 7.92. The van der Waals surface area contributed by atoms with Crippen LogP contribution in [0.5, 0.6) is 0 Å². The Kier molecular flexibility index (Phi) is 4.46. The fraction of sp³-hybridized carbons (Fsp3) is 0.750. The van der Waals surface area contributed by atoms with E-state index in [2.05, 4.69) is 13.5 Å². The molecule has 0 spiro atoms. The van der Waals surface area contributed by atoms with Crippen molar-refractivity contribution in [2.45, 2.75) is 64.5 Å². The first-order valence-corrected chi connectivity index (χ1v) is 11.0. The molecule has 0 bridgehead atoms. The lowest BCUT2D eigenvalue weighted by molar-refractivity contribution is -0.164. The first-order valence-electron chi connectivity index (χ1n) is 9.31. The minimum Gasteiger partial charge on any atom is -0.481 e. The van der Waals surface area contributed by atoms with Gasteiger partial charge >= 0.3 is 5.97 Å². The quantitative estimate of drug-likeness (QED) is 0.767. The number of carboxylic acid groups (broad SMARTS) is 1. The van der Waals surface area contributed by atoms with Crippen LogP contribution in [-0.2, 0) is 14.6 Å². The maximum Gasteiger partial charge on any atom is 0.309 e. The largest absolute Gasteiger partial charge is 0.481 e. The number of hydrogen-bond acceptors (Lipinski definition) is 3. The van der Waals surface area contributed by atoms with E-state index >= 15 is 0 Å². The highest BCUT2D eigenvalue weighted by Gasteiger charge is 2.58. The molecule has 2 aliphatic carbocycles. The lowest BCUT2D eigenvalue weighted by Crippen LogP contribution is -2.54. The second kappa shape index (κ2) is 5.97. The van der Waals surface area contributed by atoms with Crippen LogP contribution in [0.2, 0.25) is 0 Å². The van der Waals surface area contributed by atoms with Crippen LogP contribution < -0.4 is 0 Å². The molecule has 5 heteroatoms. The number of carboxylic acids is 1. The molecule has 0 aromatic carbocycles. The molecule has 140 valence electrons. The third kappa shape index (κ3) is 2.79. The van der Waals surface area contributed by atoms with E-state index in [9.17, 15) is 18.3 Å². The summed E-state index contributed by atoms with van der Waals surface area (Å²) in [4.78, 5) is 12.0. The van der Waals surface area contributed by atoms with Crippen LogP contribution in [-0.4, -0.2) is 30.5 Å². The van der Waals surface area contributed by atoms with Crippen molar-refractivity contribution in [3.63, 3.8) is 0 Å². The van der Waals surface area contributed by atoms with E-state index in [1.165, 1.54) is 0 Å². The zero-order valence-electron chi connectivity index (χ0n) is 15.5. The molecule has 2 unspecified atom stereocenters. The number of allylic oxidation sites excluding steroid dienone is 1. The van der Waals surface area contributed by atoms with Gasteiger partial charge in [0.25, 0.3) is 0 Å². The normalized spacial score (nSPS) is 43.4. The molecular weight excluding hydrogens is 336 g/mol. The molecule has 25 heavy (non-hydrogen) atoms. The summed E-state index contributed by atoms with van der Waals surface area (Å²) in [6, 6.07) is 0. The van der Waals surface area contributed by atoms with Crippen molar-refractivity contribution < 1.29 is 18.3 Å². The first-order chi connectivity index (χ1) is 11.5. The fourth-order valence-electron chi connectivity index (χ4n) is 5.97. The van der Waals surface area contributed by atoms with Crippen molar-refractivity contribution in [2.24, 2.45) is 22.7 Å². The maximum atomic E-state index is 12.5. The molecule has 0 saturated heterocycles. The van der Waals surface area contributed by atoms with E-state index in [1.54, 1.807) is 0 Å². The molecule has 1 aliphatic heterocycles. The van der Waals surface area contributed by atoms with Crippen LogP contribution >= 0.6 is 0 Å². The molecule has 0 aromatic heterocycles. The number of carbonyl (C=O) groups is 1. The average Bonchev–Trinajstić information content (AvgIpc) is 2.76. The second-order valence-electron chi connectivity index (χ2n) is 8.89. The molecule has 4 nitrogen and oxygen atoms in total. The summed E-state index contributed by atoms with van der Waals surface area (Å²) in [5.74, 6) is -0.420. The van der Waals surface area contributed by atoms with Crippen molar-refractivity contribution in [3.05, 3.63) is 23.8 Å². The van der Waals surface area contributed by atoms with E-state index in [-0.39, 0.29) is 23.0 Å². The Bertz CT molecular complexity index is 735. The summed E-state index contributed by atoms with van der Waals surface area (Å²) < 4.78 is 25.0. The van der Waals surface area contributed by atoms with Gasteiger partial charge in [0.05, 0.1) is 16.4 Å². The molecule has 2 fully saturated rings. The topological polar surface area (TPSA) is 71.4 Å². The van der Waals surface area contributed by atoms with Crippen molar-refractivity contribution >= 4 is 15.8 Å². The summed E-state index contributed by atoms with van der Waals surface area (Å²) in [6.45, 7) is 10.3. The Labute approximate surface area is 151 Å². The molecule has 1 N–H and O–H groups in total. The van der Waals surface area contributed by atoms with Gasteiger partial charge in [0.15, 0.2) is 9.84 Å². The van der Waals surface area contributed by atoms with Crippen LogP contribution in [0.1, 0.15) is 59.3 Å². The number of fused-ring (bicyclic) bond motifs is 1. The third-order valence-electron chi connectivity index (χ3n) is 7.54. The lowest BCUT2D eigenvalue weighted by atomic mass is 9.46. The molecule has 0 amide bonds. The van der Waals surface area contributed by atoms with Crippen molar-refractivity contribution in [1.82, 2.24) is 0 Å². The summed E-state index contributed by atoms with van der Waals surface area (Å²) in [5, 5.41) is 9.46. The third-order valence-corrected chi connectivity index (χ3v) is 9.60. The number of aliphatic carboxylic acids is 1. The Hall–Kier alpha value is -1.10. The van der Waals surface area contributed by atoms with Gasteiger partial charge in [0.1, 0.15) is 0 Å². The van der Waals surface area contributed by atoms with E-state index in [0.29, 0.717) is 12.8 Å². The van der Waals surface area contributed by atoms with Crippen LogP contribution in [0.25, 0.3) is 0 Å². The van der Waals surface area contributed by atoms with Crippen molar-refractivity contribution in [1.29, 1.82) is 0 Å². The minimum atomic E-state index is -3.12. The Morgan fingerprint density at radius 3 is 2.60 bits per heavy atom. The summed E-state index contributed by atoms with van der Waals surface area (Å²) >= 11 is 0. The van der Waals surface area contributed by atoms with Gasteiger partial charge in [0.2, 0.25) is 0 Å². The highest BCUT2D eigenvalue weighted by atomic mass is 32.2. The minimum absolute atomic E-state index is 0.0754. The summed E-state index contributed by atoms with van der Waals surface area (Å²) in [5.41, 5.74) is 1.16. The van der Waals surface area contributed by atoms with Gasteiger partial charge in [-0.3, -0.25) is 4.79 Å². The summed E-state index contributed by atoms with van der Waals surface area (Å²) in [6.07, 6.45) is 6.60. The van der Waals surface area contributed by atoms with Gasteiger partial charge in [-0.1, -0.05) is 37.1 Å². The number of rotatable bonds is 3. The number of sulfone groups is 1. The lowest BCUT2D eigenvalue weighted by Gasteiger charge is -2.57. The zero-order valence-corrected chi connectivity index (χ0v) is 16.4. The first kappa shape index (κ1) is 18.7. The van der Waals surface area contributed by atoms with E-state index in [4.69, 9.17) is 0 Å². The Morgan fingerprint density at radius 1 is 1.36 bits per heavy atom. The molecule has 0 aromatic rings. The summed E-state index contributed by atoms with van der Waals surface area (Å²) in [7, 11) is -3.12. The molecule has 3 aliphatic rings. The predicted molar refractivity (Wildman–Crippen MR) is 99.0 cm³/mol. The van der Waals surface area contributed by atoms with Crippen LogP contribution in [0.15, 0.2) is 23.8 Å². The SMILES string of the molecule is C=C1CCC2[C@](C)(CCC[C@]2(C)C(=O)O)[C@H]1CC1C(C)=CCS1(=O)=O. The molecule has 3 rings (SSSR count). The second-order valence-corrected chi connectivity index (χ2v) is 11.1. The van der Waals surface area contributed by atoms with Crippen molar-refractivity contribution in [2.75, 3.05) is 5.75 Å². The predicted octanol–water partition coefficient (Wildman–Crippen LogP) is 3.98. The van der Waals surface area contributed by atoms with Gasteiger partial charge in [-0.2, -0.15) is 0 Å². The average molecular weight is 367 g/mol. The van der Waals surface area contributed by atoms with Gasteiger partial charge in [-0.15, -0.1) is 0 Å². The Morgan fingerprint density at radius 2 is 2.04 bits per heavy atom.